The summed E-state index contributed by atoms with van der Waals surface area (Å²) in [7, 11) is -2.26. The summed E-state index contributed by atoms with van der Waals surface area (Å²) in [6, 6.07) is 11.4. The van der Waals surface area contributed by atoms with E-state index in [0.717, 1.165) is 37.7 Å². The summed E-state index contributed by atoms with van der Waals surface area (Å²) < 4.78 is 32.0. The van der Waals surface area contributed by atoms with Crippen molar-refractivity contribution < 1.29 is 17.6 Å². The van der Waals surface area contributed by atoms with Gasteiger partial charge >= 0.3 is 0 Å². The SMILES string of the molecule is CN(Cc1ccco1)S(=O)(=O)c1ccc(C(=O)Nc2sc3c(c2C#N)CCCCC3)cc1. The third kappa shape index (κ3) is 4.48. The number of carbonyl (C=O) groups is 1. The Morgan fingerprint density at radius 1 is 1.19 bits per heavy atom. The quantitative estimate of drug-likeness (QED) is 0.533. The molecule has 0 spiro atoms. The van der Waals surface area contributed by atoms with Crippen LogP contribution in [0.15, 0.2) is 52.0 Å². The number of carbonyl (C=O) groups excluding carboxylic acids is 1. The second-order valence-electron chi connectivity index (χ2n) is 7.70. The molecule has 1 aliphatic rings. The maximum Gasteiger partial charge on any atom is 0.256 e. The molecule has 0 saturated carbocycles. The van der Waals surface area contributed by atoms with E-state index in [1.165, 1.54) is 58.1 Å². The van der Waals surface area contributed by atoms with E-state index < -0.39 is 10.0 Å². The van der Waals surface area contributed by atoms with Crippen molar-refractivity contribution in [3.63, 3.8) is 0 Å². The van der Waals surface area contributed by atoms with Crippen molar-refractivity contribution in [2.75, 3.05) is 12.4 Å². The van der Waals surface area contributed by atoms with Gasteiger partial charge in [-0.2, -0.15) is 9.57 Å². The number of anilines is 1. The molecule has 7 nitrogen and oxygen atoms in total. The maximum absolute atomic E-state index is 12.8. The molecule has 0 saturated heterocycles. The van der Waals surface area contributed by atoms with Crippen LogP contribution in [0.3, 0.4) is 0 Å². The van der Waals surface area contributed by atoms with Crippen LogP contribution in [0, 0.1) is 11.3 Å². The molecule has 0 fully saturated rings. The molecule has 4 rings (SSSR count). The van der Waals surface area contributed by atoms with Gasteiger partial charge in [0.25, 0.3) is 5.91 Å². The molecule has 1 N–H and O–H groups in total. The fraction of sp³-hybridized carbons (Fsp3) is 0.304. The Morgan fingerprint density at radius 3 is 2.62 bits per heavy atom. The molecule has 2 heterocycles. The predicted octanol–water partition coefficient (Wildman–Crippen LogP) is 4.55. The Balaban J connectivity index is 1.50. The fourth-order valence-electron chi connectivity index (χ4n) is 3.79. The molecule has 0 radical (unpaired) electrons. The molecule has 1 amide bonds. The van der Waals surface area contributed by atoms with Crippen molar-refractivity contribution in [2.24, 2.45) is 0 Å². The van der Waals surface area contributed by atoms with Crippen LogP contribution in [0.1, 0.15) is 51.4 Å². The minimum absolute atomic E-state index is 0.0867. The van der Waals surface area contributed by atoms with E-state index in [4.69, 9.17) is 4.42 Å². The summed E-state index contributed by atoms with van der Waals surface area (Å²) in [5.41, 5.74) is 1.94. The van der Waals surface area contributed by atoms with Gasteiger partial charge in [-0.25, -0.2) is 8.42 Å². The molecule has 0 bridgehead atoms. The van der Waals surface area contributed by atoms with E-state index >= 15 is 0 Å². The van der Waals surface area contributed by atoms with Gasteiger partial charge in [0.15, 0.2) is 0 Å². The average molecular weight is 470 g/mol. The number of thiophene rings is 1. The van der Waals surface area contributed by atoms with Crippen molar-refractivity contribution in [3.05, 3.63) is 70.0 Å². The minimum atomic E-state index is -3.73. The van der Waals surface area contributed by atoms with E-state index in [2.05, 4.69) is 11.4 Å². The molecule has 0 unspecified atom stereocenters. The Kier molecular flexibility index (Phi) is 6.46. The number of rotatable bonds is 6. The second-order valence-corrected chi connectivity index (χ2v) is 10.8. The van der Waals surface area contributed by atoms with Crippen molar-refractivity contribution >= 4 is 32.3 Å². The number of nitrogens with zero attached hydrogens (tertiary/aromatic N) is 2. The van der Waals surface area contributed by atoms with E-state index in [9.17, 15) is 18.5 Å². The Morgan fingerprint density at radius 2 is 1.94 bits per heavy atom. The number of aryl methyl sites for hydroxylation is 1. The monoisotopic (exact) mass is 469 g/mol. The molecule has 3 aromatic rings. The zero-order chi connectivity index (χ0) is 22.7. The van der Waals surface area contributed by atoms with Gasteiger partial charge < -0.3 is 9.73 Å². The van der Waals surface area contributed by atoms with Crippen molar-refractivity contribution in [1.82, 2.24) is 4.31 Å². The molecular weight excluding hydrogens is 446 g/mol. The molecule has 9 heteroatoms. The highest BCUT2D eigenvalue weighted by Gasteiger charge is 2.24. The number of hydrogen-bond acceptors (Lipinski definition) is 6. The summed E-state index contributed by atoms with van der Waals surface area (Å²) in [5.74, 6) is 0.167. The van der Waals surface area contributed by atoms with E-state index in [1.807, 2.05) is 0 Å². The van der Waals surface area contributed by atoms with Gasteiger partial charge in [-0.05, 0) is 67.6 Å². The van der Waals surface area contributed by atoms with Gasteiger partial charge in [0, 0.05) is 17.5 Å². The van der Waals surface area contributed by atoms with Crippen LogP contribution in [0.5, 0.6) is 0 Å². The number of fused-ring (bicyclic) bond motifs is 1. The molecule has 1 aliphatic carbocycles. The lowest BCUT2D eigenvalue weighted by atomic mass is 10.1. The fourth-order valence-corrected chi connectivity index (χ4v) is 6.16. The summed E-state index contributed by atoms with van der Waals surface area (Å²) in [6.07, 6.45) is 6.59. The Hall–Kier alpha value is -2.93. The molecule has 1 aromatic carbocycles. The number of furan rings is 1. The maximum atomic E-state index is 12.8. The van der Waals surface area contributed by atoms with Crippen molar-refractivity contribution in [3.8, 4) is 6.07 Å². The summed E-state index contributed by atoms with van der Waals surface area (Å²) in [5, 5.41) is 13.1. The first-order chi connectivity index (χ1) is 15.4. The Bertz CT molecular complexity index is 1250. The zero-order valence-corrected chi connectivity index (χ0v) is 19.3. The van der Waals surface area contributed by atoms with Crippen LogP contribution >= 0.6 is 11.3 Å². The first-order valence-electron chi connectivity index (χ1n) is 10.3. The van der Waals surface area contributed by atoms with Gasteiger partial charge in [0.05, 0.1) is 23.3 Å². The lowest BCUT2D eigenvalue weighted by molar-refractivity contribution is 0.102. The number of hydrogen-bond donors (Lipinski definition) is 1. The minimum Gasteiger partial charge on any atom is -0.468 e. The zero-order valence-electron chi connectivity index (χ0n) is 17.6. The smallest absolute Gasteiger partial charge is 0.256 e. The van der Waals surface area contributed by atoms with Gasteiger partial charge in [-0.15, -0.1) is 11.3 Å². The molecule has 0 atom stereocenters. The standard InChI is InChI=1S/C23H23N3O4S2/c1-26(15-17-6-5-13-30-17)32(28,29)18-11-9-16(10-12-18)22(27)25-23-20(14-24)19-7-3-2-4-8-21(19)31-23/h5-6,9-13H,2-4,7-8,15H2,1H3,(H,25,27). The van der Waals surface area contributed by atoms with E-state index in [-0.39, 0.29) is 17.3 Å². The van der Waals surface area contributed by atoms with Gasteiger partial charge in [-0.1, -0.05) is 6.42 Å². The van der Waals surface area contributed by atoms with Crippen LogP contribution in [0.2, 0.25) is 0 Å². The molecule has 2 aromatic heterocycles. The van der Waals surface area contributed by atoms with E-state index in [1.54, 1.807) is 12.1 Å². The topological polar surface area (TPSA) is 103 Å². The number of nitrogens with one attached hydrogen (secondary N) is 1. The summed E-state index contributed by atoms with van der Waals surface area (Å²) >= 11 is 1.47. The van der Waals surface area contributed by atoms with Crippen LogP contribution < -0.4 is 5.32 Å². The first-order valence-corrected chi connectivity index (χ1v) is 12.6. The van der Waals surface area contributed by atoms with Crippen molar-refractivity contribution in [1.29, 1.82) is 5.26 Å². The molecule has 166 valence electrons. The van der Waals surface area contributed by atoms with Gasteiger partial charge in [0.2, 0.25) is 10.0 Å². The first kappa shape index (κ1) is 22.3. The summed E-state index contributed by atoms with van der Waals surface area (Å²) in [4.78, 5) is 14.0. The second kappa shape index (κ2) is 9.28. The normalized spacial score (nSPS) is 13.9. The highest BCUT2D eigenvalue weighted by molar-refractivity contribution is 7.89. The lowest BCUT2D eigenvalue weighted by Gasteiger charge is -2.16. The molecule has 32 heavy (non-hydrogen) atoms. The average Bonchev–Trinajstić information content (AvgIpc) is 3.34. The van der Waals surface area contributed by atoms with Gasteiger partial charge in [0.1, 0.15) is 16.8 Å². The highest BCUT2D eigenvalue weighted by atomic mass is 32.2. The van der Waals surface area contributed by atoms with Crippen molar-refractivity contribution in [2.45, 2.75) is 43.5 Å². The van der Waals surface area contributed by atoms with Crippen LogP contribution in [-0.2, 0) is 29.4 Å². The number of nitriles is 1. The summed E-state index contributed by atoms with van der Waals surface area (Å²) in [6.45, 7) is 0.109. The van der Waals surface area contributed by atoms with Crippen LogP contribution in [0.4, 0.5) is 5.00 Å². The largest absolute Gasteiger partial charge is 0.468 e. The van der Waals surface area contributed by atoms with E-state index in [0.29, 0.717) is 21.9 Å². The van der Waals surface area contributed by atoms with Crippen LogP contribution in [-0.4, -0.2) is 25.7 Å². The predicted molar refractivity (Wildman–Crippen MR) is 122 cm³/mol. The molecule has 0 aliphatic heterocycles. The van der Waals surface area contributed by atoms with Gasteiger partial charge in [-0.3, -0.25) is 4.79 Å². The molecular formula is C23H23N3O4S2. The Labute approximate surface area is 191 Å². The van der Waals surface area contributed by atoms with Crippen LogP contribution in [0.25, 0.3) is 0 Å². The number of sulfonamides is 1. The highest BCUT2D eigenvalue weighted by Crippen LogP contribution is 2.37. The lowest BCUT2D eigenvalue weighted by Crippen LogP contribution is -2.26. The third-order valence-corrected chi connectivity index (χ3v) is 8.57. The third-order valence-electron chi connectivity index (χ3n) is 5.54. The number of benzene rings is 1. The number of amides is 1.